The third kappa shape index (κ3) is 3.90. The highest BCUT2D eigenvalue weighted by atomic mass is 35.5. The van der Waals surface area contributed by atoms with E-state index in [1.807, 2.05) is 5.32 Å². The zero-order chi connectivity index (χ0) is 13.9. The number of alkyl halides is 4. The van der Waals surface area contributed by atoms with Gasteiger partial charge in [-0.05, 0) is 13.3 Å². The van der Waals surface area contributed by atoms with Crippen molar-refractivity contribution in [3.63, 3.8) is 0 Å². The second-order valence-electron chi connectivity index (χ2n) is 3.83. The van der Waals surface area contributed by atoms with E-state index in [0.717, 1.165) is 11.0 Å². The van der Waals surface area contributed by atoms with Gasteiger partial charge in [0.25, 0.3) is 0 Å². The van der Waals surface area contributed by atoms with Crippen LogP contribution in [0.1, 0.15) is 13.3 Å². The maximum atomic E-state index is 12.3. The van der Waals surface area contributed by atoms with E-state index in [0.29, 0.717) is 0 Å². The van der Waals surface area contributed by atoms with Crippen molar-refractivity contribution in [1.29, 1.82) is 0 Å². The molecule has 8 heteroatoms. The standard InChI is InChI=1S/C10H12ClF3N2O2/c1-6(11)8(17)15-9(18)16-4-2-7(3-5-16)10(12,13)14/h2,6H,3-5H2,1H3,(H,15,17,18). The van der Waals surface area contributed by atoms with Crippen molar-refractivity contribution in [2.24, 2.45) is 0 Å². The van der Waals surface area contributed by atoms with E-state index < -0.39 is 29.1 Å². The fourth-order valence-electron chi connectivity index (χ4n) is 1.39. The van der Waals surface area contributed by atoms with E-state index in [4.69, 9.17) is 11.6 Å². The van der Waals surface area contributed by atoms with Gasteiger partial charge in [-0.25, -0.2) is 4.79 Å². The summed E-state index contributed by atoms with van der Waals surface area (Å²) in [5.41, 5.74) is -0.649. The van der Waals surface area contributed by atoms with Gasteiger partial charge in [-0.3, -0.25) is 10.1 Å². The van der Waals surface area contributed by atoms with E-state index in [1.54, 1.807) is 0 Å². The Bertz CT molecular complexity index is 380. The van der Waals surface area contributed by atoms with Crippen molar-refractivity contribution in [1.82, 2.24) is 10.2 Å². The Labute approximate surface area is 107 Å². The smallest absolute Gasteiger partial charge is 0.320 e. The minimum Gasteiger partial charge on any atom is -0.320 e. The lowest BCUT2D eigenvalue weighted by Gasteiger charge is -2.27. The number of hydrogen-bond acceptors (Lipinski definition) is 2. The van der Waals surface area contributed by atoms with E-state index in [1.165, 1.54) is 6.92 Å². The first-order valence-corrected chi connectivity index (χ1v) is 5.65. The van der Waals surface area contributed by atoms with Gasteiger partial charge in [-0.1, -0.05) is 6.08 Å². The van der Waals surface area contributed by atoms with Crippen molar-refractivity contribution in [2.45, 2.75) is 24.9 Å². The summed E-state index contributed by atoms with van der Waals surface area (Å²) < 4.78 is 37.0. The van der Waals surface area contributed by atoms with Gasteiger partial charge in [-0.15, -0.1) is 11.6 Å². The molecule has 3 amide bonds. The van der Waals surface area contributed by atoms with Crippen LogP contribution in [-0.2, 0) is 4.79 Å². The Morgan fingerprint density at radius 3 is 2.50 bits per heavy atom. The van der Waals surface area contributed by atoms with Crippen LogP contribution in [0.3, 0.4) is 0 Å². The number of carbonyl (C=O) groups excluding carboxylic acids is 2. The number of amides is 3. The number of halogens is 4. The molecule has 0 bridgehead atoms. The van der Waals surface area contributed by atoms with Crippen LogP contribution in [0.5, 0.6) is 0 Å². The summed E-state index contributed by atoms with van der Waals surface area (Å²) in [6, 6.07) is -0.732. The number of imide groups is 1. The van der Waals surface area contributed by atoms with Crippen molar-refractivity contribution < 1.29 is 22.8 Å². The van der Waals surface area contributed by atoms with E-state index in [-0.39, 0.29) is 19.5 Å². The molecule has 1 heterocycles. The largest absolute Gasteiger partial charge is 0.412 e. The number of rotatable bonds is 1. The van der Waals surface area contributed by atoms with Gasteiger partial charge in [0, 0.05) is 18.7 Å². The van der Waals surface area contributed by atoms with Crippen LogP contribution < -0.4 is 5.32 Å². The number of nitrogens with zero attached hydrogens (tertiary/aromatic N) is 1. The van der Waals surface area contributed by atoms with E-state index in [9.17, 15) is 22.8 Å². The van der Waals surface area contributed by atoms with Crippen molar-refractivity contribution in [3.05, 3.63) is 11.6 Å². The molecule has 0 aromatic carbocycles. The lowest BCUT2D eigenvalue weighted by atomic mass is 10.1. The van der Waals surface area contributed by atoms with Gasteiger partial charge in [-0.2, -0.15) is 13.2 Å². The van der Waals surface area contributed by atoms with Gasteiger partial charge in [0.1, 0.15) is 5.38 Å². The second-order valence-corrected chi connectivity index (χ2v) is 4.49. The molecule has 0 saturated carbocycles. The molecule has 1 atom stereocenters. The maximum Gasteiger partial charge on any atom is 0.412 e. The molecular formula is C10H12ClF3N2O2. The summed E-state index contributed by atoms with van der Waals surface area (Å²) in [5.74, 6) is -0.674. The molecule has 1 unspecified atom stereocenters. The summed E-state index contributed by atoms with van der Waals surface area (Å²) in [6.45, 7) is 1.13. The zero-order valence-corrected chi connectivity index (χ0v) is 10.3. The highest BCUT2D eigenvalue weighted by molar-refractivity contribution is 6.31. The SMILES string of the molecule is CC(Cl)C(=O)NC(=O)N1CC=C(C(F)(F)F)CC1. The van der Waals surface area contributed by atoms with Crippen molar-refractivity contribution >= 4 is 23.5 Å². The van der Waals surface area contributed by atoms with Gasteiger partial charge < -0.3 is 4.90 Å². The molecule has 0 saturated heterocycles. The number of urea groups is 1. The normalized spacial score (nSPS) is 18.1. The van der Waals surface area contributed by atoms with E-state index in [2.05, 4.69) is 0 Å². The molecule has 0 fully saturated rings. The molecule has 1 rings (SSSR count). The highest BCUT2D eigenvalue weighted by Crippen LogP contribution is 2.29. The summed E-state index contributed by atoms with van der Waals surface area (Å²) in [4.78, 5) is 23.7. The highest BCUT2D eigenvalue weighted by Gasteiger charge is 2.35. The van der Waals surface area contributed by atoms with Crippen LogP contribution in [0.4, 0.5) is 18.0 Å². The molecule has 1 aliphatic heterocycles. The van der Waals surface area contributed by atoms with Gasteiger partial charge in [0.15, 0.2) is 0 Å². The summed E-state index contributed by atoms with van der Waals surface area (Å²) >= 11 is 5.45. The molecule has 1 aliphatic rings. The van der Waals surface area contributed by atoms with Crippen molar-refractivity contribution in [3.8, 4) is 0 Å². The molecular weight excluding hydrogens is 273 g/mol. The fourth-order valence-corrected chi connectivity index (χ4v) is 1.45. The molecule has 1 N–H and O–H groups in total. The van der Waals surface area contributed by atoms with Gasteiger partial charge in [0.05, 0.1) is 0 Å². The average molecular weight is 285 g/mol. The third-order valence-electron chi connectivity index (χ3n) is 2.45. The van der Waals surface area contributed by atoms with Crippen LogP contribution in [0.2, 0.25) is 0 Å². The topological polar surface area (TPSA) is 49.4 Å². The average Bonchev–Trinajstić information content (AvgIpc) is 2.27. The first-order chi connectivity index (χ1) is 8.21. The predicted octanol–water partition coefficient (Wildman–Crippen LogP) is 2.04. The second kappa shape index (κ2) is 5.60. The molecule has 0 aliphatic carbocycles. The molecule has 102 valence electrons. The Morgan fingerprint density at radius 1 is 1.50 bits per heavy atom. The molecule has 18 heavy (non-hydrogen) atoms. The van der Waals surface area contributed by atoms with Crippen LogP contribution in [-0.4, -0.2) is 41.5 Å². The van der Waals surface area contributed by atoms with Crippen molar-refractivity contribution in [2.75, 3.05) is 13.1 Å². The first-order valence-electron chi connectivity index (χ1n) is 5.22. The monoisotopic (exact) mass is 284 g/mol. The lowest BCUT2D eigenvalue weighted by molar-refractivity contribution is -0.119. The minimum absolute atomic E-state index is 0.0822. The predicted molar refractivity (Wildman–Crippen MR) is 59.2 cm³/mol. The molecule has 0 spiro atoms. The summed E-state index contributed by atoms with van der Waals surface area (Å²) in [5, 5.41) is 1.13. The lowest BCUT2D eigenvalue weighted by Crippen LogP contribution is -2.47. The van der Waals surface area contributed by atoms with Crippen LogP contribution >= 0.6 is 11.6 Å². The maximum absolute atomic E-state index is 12.3. The zero-order valence-electron chi connectivity index (χ0n) is 9.55. The molecule has 0 aromatic rings. The number of carbonyl (C=O) groups is 2. The van der Waals surface area contributed by atoms with Crippen LogP contribution in [0, 0.1) is 0 Å². The summed E-state index contributed by atoms with van der Waals surface area (Å²) in [7, 11) is 0. The third-order valence-corrected chi connectivity index (χ3v) is 2.65. The fraction of sp³-hybridized carbons (Fsp3) is 0.600. The molecule has 0 aromatic heterocycles. The first kappa shape index (κ1) is 14.8. The Hall–Kier alpha value is -1.24. The minimum atomic E-state index is -4.36. The van der Waals surface area contributed by atoms with Crippen LogP contribution in [0.15, 0.2) is 11.6 Å². The number of hydrogen-bond donors (Lipinski definition) is 1. The quantitative estimate of drug-likeness (QED) is 0.592. The Balaban J connectivity index is 2.55. The van der Waals surface area contributed by atoms with Gasteiger partial charge in [0.2, 0.25) is 5.91 Å². The molecule has 4 nitrogen and oxygen atoms in total. The van der Waals surface area contributed by atoms with Gasteiger partial charge >= 0.3 is 12.2 Å². The number of nitrogens with one attached hydrogen (secondary N) is 1. The Morgan fingerprint density at radius 2 is 2.11 bits per heavy atom. The van der Waals surface area contributed by atoms with Crippen LogP contribution in [0.25, 0.3) is 0 Å². The molecule has 0 radical (unpaired) electrons. The Kier molecular flexibility index (Phi) is 4.61. The summed E-state index contributed by atoms with van der Waals surface area (Å²) in [6.07, 6.45) is -3.69. The van der Waals surface area contributed by atoms with E-state index >= 15 is 0 Å².